The third-order valence-corrected chi connectivity index (χ3v) is 6.43. The van der Waals surface area contributed by atoms with E-state index in [0.29, 0.717) is 28.1 Å². The van der Waals surface area contributed by atoms with Crippen molar-refractivity contribution in [1.82, 2.24) is 4.90 Å². The minimum atomic E-state index is -0.659. The number of aliphatic hydroxyl groups excluding tert-OH is 1. The highest BCUT2D eigenvalue weighted by atomic mass is 35.5. The largest absolute Gasteiger partial charge is 0.387 e. The molecule has 0 saturated carbocycles. The fourth-order valence-corrected chi connectivity index (χ4v) is 4.90. The molecule has 5 heteroatoms. The Morgan fingerprint density at radius 1 is 1.19 bits per heavy atom. The average molecular weight is 409 g/mol. The maximum Gasteiger partial charge on any atom is 0.0931 e. The monoisotopic (exact) mass is 407 g/mol. The Hall–Kier alpha value is -1.03. The lowest BCUT2D eigenvalue weighted by molar-refractivity contribution is 0.111. The van der Waals surface area contributed by atoms with Gasteiger partial charge < -0.3 is 5.11 Å². The molecule has 2 unspecified atom stereocenters. The summed E-state index contributed by atoms with van der Waals surface area (Å²) in [7, 11) is 0. The number of hydrogen-bond donors (Lipinski definition) is 1. The molecule has 26 heavy (non-hydrogen) atoms. The summed E-state index contributed by atoms with van der Waals surface area (Å²) in [5, 5.41) is 12.4. The molecule has 2 aromatic carbocycles. The van der Waals surface area contributed by atoms with Crippen LogP contribution in [0.3, 0.4) is 0 Å². The first-order valence-corrected chi connectivity index (χ1v) is 9.92. The zero-order chi connectivity index (χ0) is 18.4. The molecule has 0 saturated heterocycles. The van der Waals surface area contributed by atoms with Gasteiger partial charge in [0.2, 0.25) is 0 Å². The summed E-state index contributed by atoms with van der Waals surface area (Å²) in [6, 6.07) is 11.6. The highest BCUT2D eigenvalue weighted by Crippen LogP contribution is 2.42. The number of rotatable bonds is 3. The highest BCUT2D eigenvalue weighted by Gasteiger charge is 2.32. The lowest BCUT2D eigenvalue weighted by atomic mass is 9.89. The van der Waals surface area contributed by atoms with Gasteiger partial charge in [-0.25, -0.2) is 0 Å². The van der Waals surface area contributed by atoms with Gasteiger partial charge in [-0.3, -0.25) is 4.90 Å². The van der Waals surface area contributed by atoms with Crippen LogP contribution in [0.25, 0.3) is 5.57 Å². The van der Waals surface area contributed by atoms with Crippen LogP contribution in [0.4, 0.5) is 0 Å². The lowest BCUT2D eigenvalue weighted by Gasteiger charge is -2.34. The smallest absolute Gasteiger partial charge is 0.0931 e. The molecule has 0 bridgehead atoms. The molecule has 0 aromatic heterocycles. The molecule has 2 aliphatic rings. The molecular formula is C21H20Cl3NO. The Balaban J connectivity index is 1.54. The summed E-state index contributed by atoms with van der Waals surface area (Å²) in [6.45, 7) is 4.55. The minimum absolute atomic E-state index is 0.403. The standard InChI is InChI=1S/C21H20Cl3NO/c1-12-9-25(11-19(26)16-3-2-4-18(23)21(16)24)10-14-7-13-5-6-15(22)8-17(13)20(12)14/h2-6,8,12,19,26H,7,9-11H2,1H3. The fourth-order valence-electron chi connectivity index (χ4n) is 4.30. The molecule has 136 valence electrons. The first-order chi connectivity index (χ1) is 12.4. The first kappa shape index (κ1) is 18.3. The molecular weight excluding hydrogens is 389 g/mol. The van der Waals surface area contributed by atoms with Gasteiger partial charge in [0.15, 0.2) is 0 Å². The van der Waals surface area contributed by atoms with Gasteiger partial charge in [0.05, 0.1) is 16.1 Å². The van der Waals surface area contributed by atoms with E-state index in [1.54, 1.807) is 6.07 Å². The molecule has 1 aliphatic heterocycles. The van der Waals surface area contributed by atoms with Crippen molar-refractivity contribution >= 4 is 40.4 Å². The molecule has 0 amide bonds. The Morgan fingerprint density at radius 2 is 2.00 bits per heavy atom. The summed E-state index contributed by atoms with van der Waals surface area (Å²) in [6.07, 6.45) is 0.310. The van der Waals surface area contributed by atoms with Gasteiger partial charge in [-0.15, -0.1) is 0 Å². The molecule has 0 spiro atoms. The van der Waals surface area contributed by atoms with Crippen LogP contribution < -0.4 is 0 Å². The van der Waals surface area contributed by atoms with Gasteiger partial charge in [0.25, 0.3) is 0 Å². The van der Waals surface area contributed by atoms with Crippen LogP contribution in [0, 0.1) is 5.92 Å². The SMILES string of the molecule is CC1CN(CC(O)c2cccc(Cl)c2Cl)CC2=C1c1cc(Cl)ccc1C2. The van der Waals surface area contributed by atoms with Gasteiger partial charge in [-0.05, 0) is 52.8 Å². The van der Waals surface area contributed by atoms with Crippen molar-refractivity contribution in [1.29, 1.82) is 0 Å². The van der Waals surface area contributed by atoms with Gasteiger partial charge in [-0.2, -0.15) is 0 Å². The topological polar surface area (TPSA) is 23.5 Å². The molecule has 2 aromatic rings. The van der Waals surface area contributed by atoms with Crippen LogP contribution in [0.5, 0.6) is 0 Å². The second kappa shape index (κ2) is 7.18. The van der Waals surface area contributed by atoms with Gasteiger partial charge in [-0.1, -0.05) is 59.9 Å². The Morgan fingerprint density at radius 3 is 2.81 bits per heavy atom. The number of aliphatic hydroxyl groups is 1. The molecule has 0 fully saturated rings. The fraction of sp³-hybridized carbons (Fsp3) is 0.333. The van der Waals surface area contributed by atoms with Gasteiger partial charge in [0.1, 0.15) is 0 Å². The highest BCUT2D eigenvalue weighted by molar-refractivity contribution is 6.42. The maximum absolute atomic E-state index is 10.7. The Bertz CT molecular complexity index is 893. The van der Waals surface area contributed by atoms with Gasteiger partial charge >= 0.3 is 0 Å². The predicted octanol–water partition coefficient (Wildman–Crippen LogP) is 5.64. The van der Waals surface area contributed by atoms with Gasteiger partial charge in [0, 0.05) is 30.2 Å². The Kier molecular flexibility index (Phi) is 5.06. The molecule has 1 N–H and O–H groups in total. The maximum atomic E-state index is 10.7. The van der Waals surface area contributed by atoms with E-state index in [1.807, 2.05) is 18.2 Å². The molecule has 1 heterocycles. The Labute approximate surface area is 169 Å². The molecule has 2 atom stereocenters. The average Bonchev–Trinajstić information content (AvgIpc) is 2.95. The van der Waals surface area contributed by atoms with Crippen LogP contribution in [0.1, 0.15) is 29.7 Å². The van der Waals surface area contributed by atoms with Crippen LogP contribution >= 0.6 is 34.8 Å². The summed E-state index contributed by atoms with van der Waals surface area (Å²) in [5.41, 5.74) is 6.22. The third kappa shape index (κ3) is 3.30. The van der Waals surface area contributed by atoms with E-state index in [2.05, 4.69) is 24.0 Å². The van der Waals surface area contributed by atoms with E-state index in [9.17, 15) is 5.11 Å². The van der Waals surface area contributed by atoms with E-state index in [1.165, 1.54) is 22.3 Å². The second-order valence-electron chi connectivity index (χ2n) is 7.25. The van der Waals surface area contributed by atoms with E-state index in [0.717, 1.165) is 24.5 Å². The van der Waals surface area contributed by atoms with Crippen molar-refractivity contribution in [3.63, 3.8) is 0 Å². The second-order valence-corrected chi connectivity index (χ2v) is 8.47. The van der Waals surface area contributed by atoms with Crippen molar-refractivity contribution in [3.8, 4) is 0 Å². The van der Waals surface area contributed by atoms with Crippen LogP contribution in [0.15, 0.2) is 42.0 Å². The van der Waals surface area contributed by atoms with Crippen molar-refractivity contribution in [2.45, 2.75) is 19.4 Å². The minimum Gasteiger partial charge on any atom is -0.387 e. The number of halogens is 3. The number of nitrogens with zero attached hydrogens (tertiary/aromatic N) is 1. The zero-order valence-electron chi connectivity index (χ0n) is 14.5. The van der Waals surface area contributed by atoms with Crippen molar-refractivity contribution in [2.75, 3.05) is 19.6 Å². The number of β-amino-alcohol motifs (C(OH)–C–C–N with tert-alkyl or cyclic N) is 1. The molecule has 1 aliphatic carbocycles. The molecule has 0 radical (unpaired) electrons. The number of fused-ring (bicyclic) bond motifs is 2. The van der Waals surface area contributed by atoms with E-state index >= 15 is 0 Å². The zero-order valence-corrected chi connectivity index (χ0v) is 16.7. The van der Waals surface area contributed by atoms with Crippen molar-refractivity contribution in [3.05, 3.63) is 73.7 Å². The first-order valence-electron chi connectivity index (χ1n) is 8.79. The summed E-state index contributed by atoms with van der Waals surface area (Å²) in [4.78, 5) is 2.30. The van der Waals surface area contributed by atoms with Crippen molar-refractivity contribution < 1.29 is 5.11 Å². The third-order valence-electron chi connectivity index (χ3n) is 5.36. The quantitative estimate of drug-likeness (QED) is 0.710. The normalized spacial score (nSPS) is 20.9. The molecule has 2 nitrogen and oxygen atoms in total. The number of hydrogen-bond acceptors (Lipinski definition) is 2. The summed E-state index contributed by atoms with van der Waals surface area (Å²) >= 11 is 18.6. The van der Waals surface area contributed by atoms with Crippen LogP contribution in [-0.4, -0.2) is 29.6 Å². The summed E-state index contributed by atoms with van der Waals surface area (Å²) < 4.78 is 0. The summed E-state index contributed by atoms with van der Waals surface area (Å²) in [5.74, 6) is 0.403. The number of benzene rings is 2. The predicted molar refractivity (Wildman–Crippen MR) is 109 cm³/mol. The van der Waals surface area contributed by atoms with Crippen molar-refractivity contribution in [2.24, 2.45) is 5.92 Å². The van der Waals surface area contributed by atoms with Crippen LogP contribution in [0.2, 0.25) is 15.1 Å². The van der Waals surface area contributed by atoms with E-state index in [-0.39, 0.29) is 0 Å². The lowest BCUT2D eigenvalue weighted by Crippen LogP contribution is -2.38. The van der Waals surface area contributed by atoms with E-state index in [4.69, 9.17) is 34.8 Å². The van der Waals surface area contributed by atoms with Crippen LogP contribution in [-0.2, 0) is 6.42 Å². The molecule has 4 rings (SSSR count). The van der Waals surface area contributed by atoms with E-state index < -0.39 is 6.10 Å².